The van der Waals surface area contributed by atoms with Crippen molar-refractivity contribution in [3.05, 3.63) is 29.8 Å². The third-order valence-electron chi connectivity index (χ3n) is 4.86. The number of likely N-dealkylation sites (tertiary alicyclic amines) is 1. The van der Waals surface area contributed by atoms with Crippen LogP contribution in [0.25, 0.3) is 0 Å². The van der Waals surface area contributed by atoms with E-state index in [1.54, 1.807) is 0 Å². The molecule has 2 saturated heterocycles. The van der Waals surface area contributed by atoms with E-state index in [0.717, 1.165) is 17.0 Å². The average molecular weight is 338 g/mol. The Bertz CT molecular complexity index is 647. The molecule has 2 aliphatic heterocycles. The smallest absolute Gasteiger partial charge is 0.307 e. The van der Waals surface area contributed by atoms with Crippen LogP contribution < -0.4 is 4.90 Å². The van der Waals surface area contributed by atoms with Gasteiger partial charge < -0.3 is 10.0 Å². The Balaban J connectivity index is 1.80. The van der Waals surface area contributed by atoms with Crippen LogP contribution in [0.2, 0.25) is 0 Å². The van der Waals surface area contributed by atoms with Gasteiger partial charge in [0.25, 0.3) is 0 Å². The van der Waals surface area contributed by atoms with E-state index in [4.69, 9.17) is 0 Å². The molecule has 1 aromatic rings. The highest BCUT2D eigenvalue weighted by atomic mass is 19.1. The van der Waals surface area contributed by atoms with Gasteiger partial charge in [0, 0.05) is 19.6 Å². The summed E-state index contributed by atoms with van der Waals surface area (Å²) in [6.45, 7) is 3.09. The van der Waals surface area contributed by atoms with E-state index in [0.29, 0.717) is 25.9 Å². The number of piperidine rings is 1. The minimum absolute atomic E-state index is 0.159. The zero-order valence-electron chi connectivity index (χ0n) is 13.4. The Morgan fingerprint density at radius 2 is 1.92 bits per heavy atom. The molecule has 2 heterocycles. The van der Waals surface area contributed by atoms with E-state index in [1.165, 1.54) is 6.07 Å². The van der Waals surface area contributed by atoms with E-state index in [2.05, 4.69) is 0 Å². The fourth-order valence-electron chi connectivity index (χ4n) is 3.80. The Labute approximate surface area is 138 Å². The van der Waals surface area contributed by atoms with Gasteiger partial charge in [-0.3, -0.25) is 14.5 Å². The van der Waals surface area contributed by atoms with Crippen molar-refractivity contribution in [2.24, 2.45) is 11.8 Å². The number of para-hydroxylation sites is 1. The second-order valence-electron chi connectivity index (χ2n) is 6.69. The molecule has 0 spiro atoms. The molecule has 1 aromatic carbocycles. The molecule has 0 aliphatic carbocycles. The van der Waals surface area contributed by atoms with Crippen molar-refractivity contribution >= 4 is 17.6 Å². The van der Waals surface area contributed by atoms with E-state index in [1.807, 2.05) is 11.8 Å². The fourth-order valence-corrected chi connectivity index (χ4v) is 3.80. The molecule has 5 nitrogen and oxygen atoms in total. The molecule has 1 N–H and O–H groups in total. The predicted octanol–water partition coefficient (Wildman–Crippen LogP) is 2.11. The lowest BCUT2D eigenvalue weighted by atomic mass is 9.89. The van der Waals surface area contributed by atoms with Crippen molar-refractivity contribution < 1.29 is 23.5 Å². The predicted molar refractivity (Wildman–Crippen MR) is 83.6 cm³/mol. The summed E-state index contributed by atoms with van der Waals surface area (Å²) in [5.41, 5.74) is -0.315. The SMILES string of the molecule is CC1CC(C(=O)O)CN(C2CCN(c3c(F)cccc3F)C2=O)C1. The van der Waals surface area contributed by atoms with Gasteiger partial charge >= 0.3 is 5.97 Å². The summed E-state index contributed by atoms with van der Waals surface area (Å²) in [6, 6.07) is 2.99. The Kier molecular flexibility index (Phi) is 4.54. The number of hydrogen-bond donors (Lipinski definition) is 1. The topological polar surface area (TPSA) is 60.9 Å². The average Bonchev–Trinajstić information content (AvgIpc) is 2.88. The number of rotatable bonds is 3. The molecule has 0 saturated carbocycles. The zero-order valence-corrected chi connectivity index (χ0v) is 13.4. The highest BCUT2D eigenvalue weighted by Crippen LogP contribution is 2.32. The molecule has 2 fully saturated rings. The molecule has 0 bridgehead atoms. The van der Waals surface area contributed by atoms with Crippen molar-refractivity contribution in [1.29, 1.82) is 0 Å². The minimum atomic E-state index is -0.867. The molecule has 2 aliphatic rings. The summed E-state index contributed by atoms with van der Waals surface area (Å²) in [6.07, 6.45) is 1.02. The number of anilines is 1. The maximum absolute atomic E-state index is 13.9. The standard InChI is InChI=1S/C17H20F2N2O3/c1-10-7-11(17(23)24)9-20(8-10)14-5-6-21(16(14)22)15-12(18)3-2-4-13(15)19/h2-4,10-11,14H,5-9H2,1H3,(H,23,24). The highest BCUT2D eigenvalue weighted by molar-refractivity contribution is 5.99. The summed E-state index contributed by atoms with van der Waals surface area (Å²) in [7, 11) is 0. The van der Waals surface area contributed by atoms with Crippen molar-refractivity contribution in [3.63, 3.8) is 0 Å². The number of aliphatic carboxylic acids is 1. The maximum atomic E-state index is 13.9. The van der Waals surface area contributed by atoms with Gasteiger partial charge in [0.15, 0.2) is 0 Å². The van der Waals surface area contributed by atoms with Gasteiger partial charge in [0.2, 0.25) is 5.91 Å². The van der Waals surface area contributed by atoms with Crippen LogP contribution in [0.4, 0.5) is 14.5 Å². The van der Waals surface area contributed by atoms with E-state index in [9.17, 15) is 23.5 Å². The summed E-state index contributed by atoms with van der Waals surface area (Å²) in [5.74, 6) is -3.11. The molecule has 3 unspecified atom stereocenters. The Morgan fingerprint density at radius 1 is 1.25 bits per heavy atom. The molecule has 130 valence electrons. The molecule has 3 rings (SSSR count). The molecule has 3 atom stereocenters. The van der Waals surface area contributed by atoms with Crippen LogP contribution >= 0.6 is 0 Å². The lowest BCUT2D eigenvalue weighted by Crippen LogP contribution is -2.50. The maximum Gasteiger partial charge on any atom is 0.307 e. The second-order valence-corrected chi connectivity index (χ2v) is 6.69. The number of carbonyl (C=O) groups is 2. The summed E-state index contributed by atoms with van der Waals surface area (Å²) < 4.78 is 27.9. The van der Waals surface area contributed by atoms with Crippen LogP contribution in [-0.4, -0.2) is 47.6 Å². The minimum Gasteiger partial charge on any atom is -0.481 e. The third-order valence-corrected chi connectivity index (χ3v) is 4.86. The van der Waals surface area contributed by atoms with Crippen molar-refractivity contribution in [1.82, 2.24) is 4.90 Å². The number of nitrogens with zero attached hydrogens (tertiary/aromatic N) is 2. The van der Waals surface area contributed by atoms with Gasteiger partial charge in [-0.2, -0.15) is 0 Å². The first-order valence-corrected chi connectivity index (χ1v) is 8.10. The normalized spacial score (nSPS) is 28.4. The number of amides is 1. The van der Waals surface area contributed by atoms with Crippen LogP contribution in [0.5, 0.6) is 0 Å². The van der Waals surface area contributed by atoms with Crippen LogP contribution in [0.3, 0.4) is 0 Å². The summed E-state index contributed by atoms with van der Waals surface area (Å²) >= 11 is 0. The Hall–Kier alpha value is -2.02. The van der Waals surface area contributed by atoms with Crippen LogP contribution in [0.15, 0.2) is 18.2 Å². The summed E-state index contributed by atoms with van der Waals surface area (Å²) in [5, 5.41) is 9.26. The first kappa shape index (κ1) is 16.8. The first-order chi connectivity index (χ1) is 11.4. The van der Waals surface area contributed by atoms with Gasteiger partial charge in [-0.15, -0.1) is 0 Å². The lowest BCUT2D eigenvalue weighted by molar-refractivity contribution is -0.145. The van der Waals surface area contributed by atoms with E-state index < -0.39 is 29.6 Å². The lowest BCUT2D eigenvalue weighted by Gasteiger charge is -2.37. The number of carbonyl (C=O) groups excluding carboxylic acids is 1. The van der Waals surface area contributed by atoms with Gasteiger partial charge in [0.05, 0.1) is 12.0 Å². The Morgan fingerprint density at radius 3 is 2.54 bits per heavy atom. The monoisotopic (exact) mass is 338 g/mol. The molecule has 7 heteroatoms. The molecule has 0 aromatic heterocycles. The fraction of sp³-hybridized carbons (Fsp3) is 0.529. The molecule has 1 amide bonds. The summed E-state index contributed by atoms with van der Waals surface area (Å²) in [4.78, 5) is 27.0. The number of carboxylic acid groups (broad SMARTS) is 1. The quantitative estimate of drug-likeness (QED) is 0.917. The number of halogens is 2. The number of hydrogen-bond acceptors (Lipinski definition) is 3. The van der Waals surface area contributed by atoms with Crippen molar-refractivity contribution in [2.75, 3.05) is 24.5 Å². The second kappa shape index (κ2) is 6.47. The van der Waals surface area contributed by atoms with Crippen LogP contribution in [-0.2, 0) is 9.59 Å². The van der Waals surface area contributed by atoms with E-state index >= 15 is 0 Å². The highest BCUT2D eigenvalue weighted by Gasteiger charge is 2.42. The van der Waals surface area contributed by atoms with Gasteiger partial charge in [-0.05, 0) is 30.9 Å². The van der Waals surface area contributed by atoms with Gasteiger partial charge in [0.1, 0.15) is 17.3 Å². The molecular weight excluding hydrogens is 318 g/mol. The van der Waals surface area contributed by atoms with Crippen LogP contribution in [0, 0.1) is 23.5 Å². The zero-order chi connectivity index (χ0) is 17.4. The molecular formula is C17H20F2N2O3. The number of benzene rings is 1. The molecule has 24 heavy (non-hydrogen) atoms. The largest absolute Gasteiger partial charge is 0.481 e. The van der Waals surface area contributed by atoms with Crippen LogP contribution in [0.1, 0.15) is 19.8 Å². The molecule has 0 radical (unpaired) electrons. The van der Waals surface area contributed by atoms with Crippen molar-refractivity contribution in [3.8, 4) is 0 Å². The van der Waals surface area contributed by atoms with Gasteiger partial charge in [-0.1, -0.05) is 13.0 Å². The third kappa shape index (κ3) is 3.00. The van der Waals surface area contributed by atoms with E-state index in [-0.39, 0.29) is 24.1 Å². The van der Waals surface area contributed by atoms with Gasteiger partial charge in [-0.25, -0.2) is 8.78 Å². The first-order valence-electron chi connectivity index (χ1n) is 8.10. The number of carboxylic acids is 1. The van der Waals surface area contributed by atoms with Crippen molar-refractivity contribution in [2.45, 2.75) is 25.8 Å².